The van der Waals surface area contributed by atoms with Gasteiger partial charge in [0.25, 0.3) is 0 Å². The molecule has 0 saturated heterocycles. The number of rotatable bonds is 5. The fourth-order valence-corrected chi connectivity index (χ4v) is 3.51. The summed E-state index contributed by atoms with van der Waals surface area (Å²) >= 11 is 6.07. The average Bonchev–Trinajstić information content (AvgIpc) is 2.56. The smallest absolute Gasteiger partial charge is 0.146 e. The second-order valence-electron chi connectivity index (χ2n) is 6.72. The van der Waals surface area contributed by atoms with Crippen LogP contribution in [0.2, 0.25) is 5.15 Å². The molecule has 0 amide bonds. The quantitative estimate of drug-likeness (QED) is 0.686. The lowest BCUT2D eigenvalue weighted by molar-refractivity contribution is 0.409. The van der Waals surface area contributed by atoms with Crippen molar-refractivity contribution in [1.29, 1.82) is 0 Å². The van der Waals surface area contributed by atoms with Crippen molar-refractivity contribution in [1.82, 2.24) is 4.98 Å². The number of nitrogens with one attached hydrogen (secondary N) is 2. The Kier molecular flexibility index (Phi) is 5.76. The van der Waals surface area contributed by atoms with Gasteiger partial charge < -0.3 is 16.4 Å². The van der Waals surface area contributed by atoms with E-state index in [2.05, 4.69) is 15.6 Å². The van der Waals surface area contributed by atoms with Crippen LogP contribution < -0.4 is 16.4 Å². The molecule has 0 radical (unpaired) electrons. The van der Waals surface area contributed by atoms with Crippen LogP contribution in [0.5, 0.6) is 0 Å². The summed E-state index contributed by atoms with van der Waals surface area (Å²) in [5, 5.41) is 7.17. The molecule has 0 aliphatic heterocycles. The monoisotopic (exact) mass is 362 g/mol. The Hall–Kier alpha value is -1.85. The number of para-hydroxylation sites is 1. The van der Waals surface area contributed by atoms with E-state index in [9.17, 15) is 4.39 Å². The van der Waals surface area contributed by atoms with Crippen molar-refractivity contribution in [3.05, 3.63) is 52.6 Å². The average molecular weight is 363 g/mol. The molecule has 1 saturated carbocycles. The maximum Gasteiger partial charge on any atom is 0.146 e. The van der Waals surface area contributed by atoms with Crippen molar-refractivity contribution in [2.45, 2.75) is 51.2 Å². The third-order valence-electron chi connectivity index (χ3n) is 4.71. The minimum Gasteiger partial charge on any atom is -0.382 e. The molecule has 3 rings (SSSR count). The largest absolute Gasteiger partial charge is 0.382 e. The van der Waals surface area contributed by atoms with E-state index in [1.807, 2.05) is 19.1 Å². The minimum atomic E-state index is -0.255. The van der Waals surface area contributed by atoms with Crippen molar-refractivity contribution in [2.75, 3.05) is 10.6 Å². The molecular weight excluding hydrogens is 339 g/mol. The van der Waals surface area contributed by atoms with Crippen LogP contribution >= 0.6 is 11.6 Å². The summed E-state index contributed by atoms with van der Waals surface area (Å²) < 4.78 is 14.0. The maximum atomic E-state index is 14.0. The number of nitrogens with zero attached hydrogens (tertiary/aromatic N) is 1. The summed E-state index contributed by atoms with van der Waals surface area (Å²) in [4.78, 5) is 4.17. The van der Waals surface area contributed by atoms with E-state index in [0.29, 0.717) is 23.4 Å². The highest BCUT2D eigenvalue weighted by Crippen LogP contribution is 2.26. The number of aromatic nitrogens is 1. The molecule has 2 unspecified atom stereocenters. The molecule has 2 atom stereocenters. The first-order valence-corrected chi connectivity index (χ1v) is 9.06. The summed E-state index contributed by atoms with van der Waals surface area (Å²) in [6.07, 6.45) is 5.97. The first kappa shape index (κ1) is 18.0. The molecular formula is C19H24ClFN4. The predicted octanol–water partition coefficient (Wildman–Crippen LogP) is 4.48. The van der Waals surface area contributed by atoms with Gasteiger partial charge in [-0.25, -0.2) is 9.37 Å². The second-order valence-corrected chi connectivity index (χ2v) is 7.10. The SMILES string of the molecule is Cc1cccc(F)c1NCc1cnc(Cl)cc1NC1CCCC(N)C1. The van der Waals surface area contributed by atoms with Crippen molar-refractivity contribution >= 4 is 23.0 Å². The van der Waals surface area contributed by atoms with Gasteiger partial charge in [0.05, 0.1) is 5.69 Å². The Bertz CT molecular complexity index is 717. The molecule has 1 aliphatic carbocycles. The lowest BCUT2D eigenvalue weighted by Crippen LogP contribution is -2.35. The molecule has 1 aliphatic rings. The Balaban J connectivity index is 1.75. The zero-order valence-corrected chi connectivity index (χ0v) is 15.1. The van der Waals surface area contributed by atoms with E-state index < -0.39 is 0 Å². The van der Waals surface area contributed by atoms with Crippen LogP contribution in [0.1, 0.15) is 36.8 Å². The molecule has 4 nitrogen and oxygen atoms in total. The van der Waals surface area contributed by atoms with Crippen molar-refractivity contribution in [2.24, 2.45) is 5.73 Å². The molecule has 25 heavy (non-hydrogen) atoms. The Labute approximate surface area is 153 Å². The fourth-order valence-electron chi connectivity index (χ4n) is 3.35. The number of nitrogens with two attached hydrogens (primary N) is 1. The van der Waals surface area contributed by atoms with Gasteiger partial charge in [-0.3, -0.25) is 0 Å². The van der Waals surface area contributed by atoms with Gasteiger partial charge in [-0.05, 0) is 50.3 Å². The van der Waals surface area contributed by atoms with Crippen molar-refractivity contribution < 1.29 is 4.39 Å². The predicted molar refractivity (Wildman–Crippen MR) is 102 cm³/mol. The molecule has 1 heterocycles. The number of hydrogen-bond donors (Lipinski definition) is 3. The summed E-state index contributed by atoms with van der Waals surface area (Å²) in [6, 6.07) is 7.44. The molecule has 0 spiro atoms. The number of pyridine rings is 1. The van der Waals surface area contributed by atoms with Gasteiger partial charge in [0.1, 0.15) is 11.0 Å². The molecule has 2 aromatic rings. The van der Waals surface area contributed by atoms with E-state index >= 15 is 0 Å². The molecule has 134 valence electrons. The van der Waals surface area contributed by atoms with Gasteiger partial charge in [-0.2, -0.15) is 0 Å². The zero-order valence-electron chi connectivity index (χ0n) is 14.4. The minimum absolute atomic E-state index is 0.242. The Morgan fingerprint density at radius 1 is 1.36 bits per heavy atom. The van der Waals surface area contributed by atoms with E-state index in [0.717, 1.165) is 42.5 Å². The first-order chi connectivity index (χ1) is 12.0. The number of hydrogen-bond acceptors (Lipinski definition) is 4. The third-order valence-corrected chi connectivity index (χ3v) is 4.91. The highest BCUT2D eigenvalue weighted by molar-refractivity contribution is 6.29. The van der Waals surface area contributed by atoms with E-state index in [4.69, 9.17) is 17.3 Å². The number of halogens is 2. The van der Waals surface area contributed by atoms with E-state index in [-0.39, 0.29) is 11.9 Å². The van der Waals surface area contributed by atoms with Crippen molar-refractivity contribution in [3.63, 3.8) is 0 Å². The van der Waals surface area contributed by atoms with Gasteiger partial charge in [-0.1, -0.05) is 23.7 Å². The number of aryl methyl sites for hydroxylation is 1. The van der Waals surface area contributed by atoms with Crippen LogP contribution in [-0.2, 0) is 6.54 Å². The van der Waals surface area contributed by atoms with Gasteiger partial charge in [-0.15, -0.1) is 0 Å². The van der Waals surface area contributed by atoms with Crippen LogP contribution in [0.15, 0.2) is 30.5 Å². The van der Waals surface area contributed by atoms with Gasteiger partial charge in [0.2, 0.25) is 0 Å². The molecule has 0 bridgehead atoms. The van der Waals surface area contributed by atoms with Crippen LogP contribution in [0, 0.1) is 12.7 Å². The van der Waals surface area contributed by atoms with Crippen molar-refractivity contribution in [3.8, 4) is 0 Å². The summed E-state index contributed by atoms with van der Waals surface area (Å²) in [7, 11) is 0. The number of anilines is 2. The molecule has 4 N–H and O–H groups in total. The highest BCUT2D eigenvalue weighted by atomic mass is 35.5. The van der Waals surface area contributed by atoms with E-state index in [1.54, 1.807) is 12.3 Å². The standard InChI is InChI=1S/C19H24ClFN4/c1-12-4-2-7-16(21)19(12)24-11-13-10-23-18(20)9-17(13)25-15-6-3-5-14(22)8-15/h2,4,7,9-10,14-15,24H,3,5-6,8,11,22H2,1H3,(H,23,25). The van der Waals surface area contributed by atoms with E-state index in [1.165, 1.54) is 6.07 Å². The van der Waals surface area contributed by atoms with Crippen LogP contribution in [-0.4, -0.2) is 17.1 Å². The van der Waals surface area contributed by atoms with Crippen LogP contribution in [0.25, 0.3) is 0 Å². The van der Waals surface area contributed by atoms with Gasteiger partial charge >= 0.3 is 0 Å². The highest BCUT2D eigenvalue weighted by Gasteiger charge is 2.20. The summed E-state index contributed by atoms with van der Waals surface area (Å²) in [5.74, 6) is -0.255. The topological polar surface area (TPSA) is 63.0 Å². The van der Waals surface area contributed by atoms with Gasteiger partial charge in [0, 0.05) is 36.1 Å². The first-order valence-electron chi connectivity index (χ1n) is 8.68. The summed E-state index contributed by atoms with van der Waals surface area (Å²) in [5.41, 5.74) is 9.35. The molecule has 1 aromatic carbocycles. The number of benzene rings is 1. The molecule has 1 fully saturated rings. The zero-order chi connectivity index (χ0) is 17.8. The van der Waals surface area contributed by atoms with Crippen LogP contribution in [0.4, 0.5) is 15.8 Å². The summed E-state index contributed by atoms with van der Waals surface area (Å²) in [6.45, 7) is 2.35. The molecule has 1 aromatic heterocycles. The Morgan fingerprint density at radius 3 is 2.96 bits per heavy atom. The van der Waals surface area contributed by atoms with Crippen LogP contribution in [0.3, 0.4) is 0 Å². The normalized spacial score (nSPS) is 20.3. The Morgan fingerprint density at radius 2 is 2.20 bits per heavy atom. The second kappa shape index (κ2) is 8.02. The lowest BCUT2D eigenvalue weighted by atomic mass is 9.91. The molecule has 6 heteroatoms. The lowest BCUT2D eigenvalue weighted by Gasteiger charge is -2.29. The third kappa shape index (κ3) is 4.61. The van der Waals surface area contributed by atoms with Gasteiger partial charge in [0.15, 0.2) is 0 Å². The fraction of sp³-hybridized carbons (Fsp3) is 0.421. The maximum absolute atomic E-state index is 14.0.